The predicted molar refractivity (Wildman–Crippen MR) is 115 cm³/mol. The van der Waals surface area contributed by atoms with E-state index in [9.17, 15) is 19.5 Å². The average molecular weight is 439 g/mol. The Balaban J connectivity index is 1.62. The molecule has 0 saturated carbocycles. The van der Waals surface area contributed by atoms with Gasteiger partial charge in [-0.2, -0.15) is 5.10 Å². The summed E-state index contributed by atoms with van der Waals surface area (Å²) in [5.74, 6) is 3.77. The Morgan fingerprint density at radius 2 is 1.88 bits per heavy atom. The largest absolute Gasteiger partial charge is 0.481 e. The van der Waals surface area contributed by atoms with Crippen molar-refractivity contribution in [2.75, 3.05) is 11.9 Å². The number of anilines is 1. The Labute approximate surface area is 182 Å². The Hall–Kier alpha value is -4.54. The monoisotopic (exact) mass is 439 g/mol. The number of nitrogens with one attached hydrogen (secondary N) is 3. The first-order valence-electron chi connectivity index (χ1n) is 9.46. The van der Waals surface area contributed by atoms with Gasteiger partial charge in [-0.15, -0.1) is 0 Å². The van der Waals surface area contributed by atoms with E-state index in [1.54, 1.807) is 42.5 Å². The molecule has 0 saturated heterocycles. The van der Waals surface area contributed by atoms with Crippen molar-refractivity contribution in [1.29, 1.82) is 0 Å². The molecule has 1 aliphatic heterocycles. The van der Waals surface area contributed by atoms with Crippen LogP contribution in [0.1, 0.15) is 28.4 Å². The third-order valence-corrected chi connectivity index (χ3v) is 4.37. The van der Waals surface area contributed by atoms with Crippen LogP contribution < -0.4 is 31.3 Å². The van der Waals surface area contributed by atoms with Crippen LogP contribution in [0.25, 0.3) is 0 Å². The lowest BCUT2D eigenvalue weighted by Gasteiger charge is -2.20. The number of nitrogens with two attached hydrogens (primary N) is 1. The first kappa shape index (κ1) is 22.2. The highest BCUT2D eigenvalue weighted by Crippen LogP contribution is 2.33. The molecule has 3 rings (SSSR count). The second kappa shape index (κ2) is 10.5. The minimum atomic E-state index is -1.10. The third-order valence-electron chi connectivity index (χ3n) is 4.37. The summed E-state index contributed by atoms with van der Waals surface area (Å²) in [6.07, 6.45) is 3.63. The number of hydrogen-bond donors (Lipinski definition) is 5. The number of amides is 2. The molecule has 32 heavy (non-hydrogen) atoms. The number of aliphatic carboxylic acids is 1. The van der Waals surface area contributed by atoms with Crippen molar-refractivity contribution in [2.24, 2.45) is 10.9 Å². The normalized spacial score (nSPS) is 12.8. The van der Waals surface area contributed by atoms with Crippen molar-refractivity contribution >= 4 is 29.8 Å². The molecule has 11 heteroatoms. The fourth-order valence-electron chi connectivity index (χ4n) is 2.93. The van der Waals surface area contributed by atoms with Gasteiger partial charge in [0.2, 0.25) is 5.91 Å². The lowest BCUT2D eigenvalue weighted by molar-refractivity contribution is -0.137. The van der Waals surface area contributed by atoms with E-state index < -0.39 is 23.8 Å². The molecule has 0 aliphatic carbocycles. The van der Waals surface area contributed by atoms with E-state index >= 15 is 0 Å². The van der Waals surface area contributed by atoms with Crippen LogP contribution in [0.4, 0.5) is 5.69 Å². The maximum absolute atomic E-state index is 12.4. The predicted octanol–water partition coefficient (Wildman–Crippen LogP) is 1.30. The van der Waals surface area contributed by atoms with Gasteiger partial charge in [0, 0.05) is 11.3 Å². The smallest absolute Gasteiger partial charge is 0.305 e. The number of fused-ring (bicyclic) bond motifs is 1. The summed E-state index contributed by atoms with van der Waals surface area (Å²) in [5.41, 5.74) is 1.42. The summed E-state index contributed by atoms with van der Waals surface area (Å²) in [7, 11) is 0. The van der Waals surface area contributed by atoms with Crippen LogP contribution >= 0.6 is 0 Å². The highest BCUT2D eigenvalue weighted by molar-refractivity contribution is 5.97. The molecular formula is C21H21N5O6. The Bertz CT molecular complexity index is 1070. The van der Waals surface area contributed by atoms with Crippen LogP contribution in [-0.2, 0) is 9.59 Å². The highest BCUT2D eigenvalue weighted by Gasteiger charge is 2.21. The minimum absolute atomic E-state index is 0.315. The topological polar surface area (TPSA) is 164 Å². The number of hydrogen-bond acceptors (Lipinski definition) is 7. The molecule has 2 aromatic carbocycles. The van der Waals surface area contributed by atoms with E-state index in [1.807, 2.05) is 0 Å². The highest BCUT2D eigenvalue weighted by atomic mass is 16.5. The maximum atomic E-state index is 12.4. The molecule has 6 N–H and O–H groups in total. The van der Waals surface area contributed by atoms with Gasteiger partial charge in [0.05, 0.1) is 19.0 Å². The third kappa shape index (κ3) is 5.98. The second-order valence-electron chi connectivity index (χ2n) is 6.62. The average Bonchev–Trinajstić information content (AvgIpc) is 2.80. The van der Waals surface area contributed by atoms with Crippen LogP contribution in [0.2, 0.25) is 0 Å². The minimum Gasteiger partial charge on any atom is -0.481 e. The quantitative estimate of drug-likeness (QED) is 0.169. The summed E-state index contributed by atoms with van der Waals surface area (Å²) < 4.78 is 10.6. The molecule has 2 amide bonds. The number of carbonyl (C=O) groups is 3. The fourth-order valence-corrected chi connectivity index (χ4v) is 2.93. The molecule has 166 valence electrons. The molecule has 0 aromatic heterocycles. The number of carboxylic acids is 1. The van der Waals surface area contributed by atoms with Crippen molar-refractivity contribution in [3.63, 3.8) is 0 Å². The number of benzene rings is 2. The second-order valence-corrected chi connectivity index (χ2v) is 6.62. The number of rotatable bonds is 9. The Morgan fingerprint density at radius 1 is 1.09 bits per heavy atom. The molecule has 0 spiro atoms. The van der Waals surface area contributed by atoms with Crippen molar-refractivity contribution in [3.05, 3.63) is 66.1 Å². The van der Waals surface area contributed by atoms with Gasteiger partial charge in [-0.1, -0.05) is 12.1 Å². The molecule has 0 fully saturated rings. The summed E-state index contributed by atoms with van der Waals surface area (Å²) in [6, 6.07) is 10.5. The summed E-state index contributed by atoms with van der Waals surface area (Å²) >= 11 is 0. The lowest BCUT2D eigenvalue weighted by Crippen LogP contribution is -2.39. The molecule has 11 nitrogen and oxygen atoms in total. The number of carboxylic acid groups (broad SMARTS) is 1. The summed E-state index contributed by atoms with van der Waals surface area (Å²) in [5, 5.41) is 20.5. The van der Waals surface area contributed by atoms with Crippen LogP contribution in [0.15, 0.2) is 60.1 Å². The molecule has 2 aromatic rings. The standard InChI is InChI=1S/C21H21N5O6/c22-25-12-24-15-3-1-2-14(8-15)21(30)23-11-19(27)26-16(10-20(28)29)13-4-5-17-18(9-13)32-7-6-31-17/h1-9,12,16H,10-11,22H2,(H,23,30)(H,24,25)(H,26,27)(H,28,29). The van der Waals surface area contributed by atoms with Gasteiger partial charge in [0.25, 0.3) is 5.91 Å². The van der Waals surface area contributed by atoms with E-state index in [-0.39, 0.29) is 13.0 Å². The summed E-state index contributed by atoms with van der Waals surface area (Å²) in [6.45, 7) is -0.343. The maximum Gasteiger partial charge on any atom is 0.305 e. The Morgan fingerprint density at radius 3 is 2.62 bits per heavy atom. The van der Waals surface area contributed by atoms with Crippen molar-refractivity contribution in [2.45, 2.75) is 12.5 Å². The molecule has 0 radical (unpaired) electrons. The zero-order valence-corrected chi connectivity index (χ0v) is 16.8. The molecule has 0 bridgehead atoms. The SMILES string of the molecule is NN=CNc1cccc(C(=O)NCC(=O)NC(CC(=O)O)c2ccc3c(c2)OC=CO3)c1. The molecule has 1 atom stereocenters. The van der Waals surface area contributed by atoms with Crippen LogP contribution in [-0.4, -0.2) is 35.8 Å². The van der Waals surface area contributed by atoms with Gasteiger partial charge in [-0.3, -0.25) is 14.4 Å². The number of carbonyl (C=O) groups excluding carboxylic acids is 2. The van der Waals surface area contributed by atoms with Crippen LogP contribution in [0.5, 0.6) is 11.5 Å². The van der Waals surface area contributed by atoms with Gasteiger partial charge in [-0.25, -0.2) is 0 Å². The van der Waals surface area contributed by atoms with Crippen molar-refractivity contribution in [1.82, 2.24) is 10.6 Å². The van der Waals surface area contributed by atoms with E-state index in [0.717, 1.165) is 0 Å². The first-order valence-corrected chi connectivity index (χ1v) is 9.46. The first-order chi connectivity index (χ1) is 15.5. The zero-order valence-electron chi connectivity index (χ0n) is 16.8. The van der Waals surface area contributed by atoms with E-state index in [4.69, 9.17) is 15.3 Å². The lowest BCUT2D eigenvalue weighted by atomic mass is 10.0. The molecule has 1 aliphatic rings. The number of ether oxygens (including phenoxy) is 2. The van der Waals surface area contributed by atoms with E-state index in [2.05, 4.69) is 21.1 Å². The van der Waals surface area contributed by atoms with Gasteiger partial charge < -0.3 is 36.4 Å². The van der Waals surface area contributed by atoms with Gasteiger partial charge in [-0.05, 0) is 35.9 Å². The molecule has 1 heterocycles. The Kier molecular flexibility index (Phi) is 7.25. The fraction of sp³-hybridized carbons (Fsp3) is 0.143. The van der Waals surface area contributed by atoms with Crippen molar-refractivity contribution < 1.29 is 29.0 Å². The van der Waals surface area contributed by atoms with Gasteiger partial charge in [0.15, 0.2) is 11.5 Å². The van der Waals surface area contributed by atoms with Crippen LogP contribution in [0.3, 0.4) is 0 Å². The molecule has 1 unspecified atom stereocenters. The van der Waals surface area contributed by atoms with Gasteiger partial charge in [0.1, 0.15) is 18.9 Å². The molecular weight excluding hydrogens is 418 g/mol. The van der Waals surface area contributed by atoms with E-state index in [0.29, 0.717) is 28.3 Å². The summed E-state index contributed by atoms with van der Waals surface area (Å²) in [4.78, 5) is 36.1. The number of nitrogens with zero attached hydrogens (tertiary/aromatic N) is 1. The number of hydrazone groups is 1. The van der Waals surface area contributed by atoms with E-state index in [1.165, 1.54) is 18.9 Å². The van der Waals surface area contributed by atoms with Gasteiger partial charge >= 0.3 is 5.97 Å². The zero-order chi connectivity index (χ0) is 22.9. The van der Waals surface area contributed by atoms with Crippen molar-refractivity contribution in [3.8, 4) is 11.5 Å². The van der Waals surface area contributed by atoms with Crippen LogP contribution in [0, 0.1) is 0 Å².